The lowest BCUT2D eigenvalue weighted by Crippen LogP contribution is -2.43. The molecule has 0 atom stereocenters. The Labute approximate surface area is 235 Å². The van der Waals surface area contributed by atoms with Gasteiger partial charge >= 0.3 is 18.0 Å². The second kappa shape index (κ2) is 14.3. The molecule has 220 valence electrons. The van der Waals surface area contributed by atoms with Gasteiger partial charge in [0.05, 0.1) is 22.8 Å². The fourth-order valence-corrected chi connectivity index (χ4v) is 5.32. The molecule has 0 aromatic heterocycles. The van der Waals surface area contributed by atoms with Crippen molar-refractivity contribution in [2.45, 2.75) is 65.3 Å². The number of hydrogen-bond acceptors (Lipinski definition) is 6. The summed E-state index contributed by atoms with van der Waals surface area (Å²) >= 11 is 0. The second-order valence-corrected chi connectivity index (χ2v) is 11.0. The molecular weight excluding hydrogens is 517 g/mol. The molecular formula is C29H42FN5O5. The number of piperidine rings is 1. The number of likely N-dealkylation sites (tertiary alicyclic amines) is 1. The average molecular weight is 560 g/mol. The molecule has 2 aliphatic heterocycles. The van der Waals surface area contributed by atoms with Gasteiger partial charge in [0.2, 0.25) is 0 Å². The average Bonchev–Trinajstić information content (AvgIpc) is 2.87. The van der Waals surface area contributed by atoms with Gasteiger partial charge in [-0.05, 0) is 89.3 Å². The van der Waals surface area contributed by atoms with Crippen LogP contribution in [0.5, 0.6) is 0 Å². The van der Waals surface area contributed by atoms with Crippen molar-refractivity contribution < 1.29 is 29.0 Å². The Kier molecular flexibility index (Phi) is 11.1. The topological polar surface area (TPSA) is 143 Å². The quantitative estimate of drug-likeness (QED) is 0.212. The van der Waals surface area contributed by atoms with Gasteiger partial charge in [0.25, 0.3) is 0 Å². The van der Waals surface area contributed by atoms with Crippen molar-refractivity contribution in [3.63, 3.8) is 0 Å². The van der Waals surface area contributed by atoms with E-state index in [1.54, 1.807) is 13.8 Å². The zero-order chi connectivity index (χ0) is 29.4. The van der Waals surface area contributed by atoms with Crippen LogP contribution < -0.4 is 21.3 Å². The van der Waals surface area contributed by atoms with Crippen LogP contribution in [0.4, 0.5) is 14.9 Å². The number of amides is 2. The summed E-state index contributed by atoms with van der Waals surface area (Å²) in [4.78, 5) is 38.9. The number of halogens is 1. The highest BCUT2D eigenvalue weighted by Crippen LogP contribution is 2.39. The fourth-order valence-electron chi connectivity index (χ4n) is 5.32. The maximum absolute atomic E-state index is 14.6. The van der Waals surface area contributed by atoms with E-state index in [4.69, 9.17) is 0 Å². The fraction of sp³-hybridized carbons (Fsp3) is 0.552. The number of carboxylic acids is 2. The minimum atomic E-state index is -1.29. The number of nitrogens with zero attached hydrogens (tertiary/aromatic N) is 1. The number of aliphatic carboxylic acids is 2. The number of carboxylic acid groups (broad SMARTS) is 2. The number of nitrogens with one attached hydrogen (secondary N) is 4. The van der Waals surface area contributed by atoms with E-state index in [9.17, 15) is 29.0 Å². The van der Waals surface area contributed by atoms with Gasteiger partial charge in [-0.2, -0.15) is 0 Å². The highest BCUT2D eigenvalue weighted by molar-refractivity contribution is 5.98. The predicted octanol–water partition coefficient (Wildman–Crippen LogP) is 3.84. The number of allylic oxidation sites excluding steroid dienone is 2. The molecule has 1 fully saturated rings. The Hall–Kier alpha value is -3.44. The molecule has 0 radical (unpaired) electrons. The first kappa shape index (κ1) is 31.1. The Morgan fingerprint density at radius 2 is 1.68 bits per heavy atom. The summed E-state index contributed by atoms with van der Waals surface area (Å²) in [6.45, 7) is 11.9. The SMILES string of the molecule is CC1=C(C(=O)O)C(c2ccc(F)c(NC(=O)NCCCN3CCC(NCCC(C)C)CC3)c2)C(C(=O)O)=C(C)N1. The van der Waals surface area contributed by atoms with Gasteiger partial charge in [-0.3, -0.25) is 0 Å². The van der Waals surface area contributed by atoms with E-state index in [0.29, 0.717) is 29.9 Å². The highest BCUT2D eigenvalue weighted by Gasteiger charge is 2.36. The lowest BCUT2D eigenvalue weighted by Gasteiger charge is -2.32. The molecule has 11 heteroatoms. The summed E-state index contributed by atoms with van der Waals surface area (Å²) in [5, 5.41) is 31.3. The molecule has 10 nitrogen and oxygen atoms in total. The van der Waals surface area contributed by atoms with Crippen LogP contribution in [0.1, 0.15) is 64.9 Å². The molecule has 0 aliphatic carbocycles. The lowest BCUT2D eigenvalue weighted by molar-refractivity contribution is -0.133. The van der Waals surface area contributed by atoms with E-state index >= 15 is 0 Å². The van der Waals surface area contributed by atoms with Crippen LogP contribution in [0, 0.1) is 11.7 Å². The molecule has 3 rings (SSSR count). The number of dihydropyridines is 1. The van der Waals surface area contributed by atoms with E-state index in [2.05, 4.69) is 40.0 Å². The Morgan fingerprint density at radius 3 is 2.25 bits per heavy atom. The van der Waals surface area contributed by atoms with Crippen LogP contribution in [0.2, 0.25) is 0 Å². The first-order valence-corrected chi connectivity index (χ1v) is 13.9. The minimum absolute atomic E-state index is 0.152. The standard InChI is InChI=1S/C29H42FN5O5/c1-17(2)8-12-31-21-9-14-35(15-10-21)13-5-11-32-29(40)34-23-16-20(6-7-22(23)30)26-24(27(36)37)18(3)33-19(4)25(26)28(38)39/h6-7,16-17,21,26,31,33H,5,8-15H2,1-4H3,(H,36,37)(H,38,39)(H2,32,34,40). The van der Waals surface area contributed by atoms with Gasteiger partial charge in [0.15, 0.2) is 0 Å². The van der Waals surface area contributed by atoms with Crippen molar-refractivity contribution in [1.82, 2.24) is 20.9 Å². The Morgan fingerprint density at radius 1 is 1.05 bits per heavy atom. The summed E-state index contributed by atoms with van der Waals surface area (Å²) in [6.07, 6.45) is 4.14. The van der Waals surface area contributed by atoms with Gasteiger partial charge < -0.3 is 36.4 Å². The first-order valence-electron chi connectivity index (χ1n) is 13.9. The highest BCUT2D eigenvalue weighted by atomic mass is 19.1. The smallest absolute Gasteiger partial charge is 0.334 e. The van der Waals surface area contributed by atoms with Crippen molar-refractivity contribution in [3.05, 3.63) is 52.1 Å². The van der Waals surface area contributed by atoms with Crippen LogP contribution in [0.25, 0.3) is 0 Å². The largest absolute Gasteiger partial charge is 0.478 e. The van der Waals surface area contributed by atoms with Crippen LogP contribution in [-0.4, -0.2) is 71.8 Å². The molecule has 0 bridgehead atoms. The van der Waals surface area contributed by atoms with Gasteiger partial charge in [-0.1, -0.05) is 19.9 Å². The van der Waals surface area contributed by atoms with Crippen molar-refractivity contribution >= 4 is 23.7 Å². The minimum Gasteiger partial charge on any atom is -0.478 e. The monoisotopic (exact) mass is 559 g/mol. The van der Waals surface area contributed by atoms with Gasteiger partial charge in [-0.15, -0.1) is 0 Å². The number of carbonyl (C=O) groups excluding carboxylic acids is 1. The third-order valence-electron chi connectivity index (χ3n) is 7.47. The molecule has 6 N–H and O–H groups in total. The van der Waals surface area contributed by atoms with Crippen LogP contribution in [0.15, 0.2) is 40.7 Å². The second-order valence-electron chi connectivity index (χ2n) is 11.0. The predicted molar refractivity (Wildman–Crippen MR) is 152 cm³/mol. The van der Waals surface area contributed by atoms with Crippen molar-refractivity contribution in [2.75, 3.05) is 38.0 Å². The molecule has 1 saturated heterocycles. The van der Waals surface area contributed by atoms with Gasteiger partial charge in [0, 0.05) is 24.0 Å². The number of carbonyl (C=O) groups is 3. The molecule has 2 aliphatic rings. The first-order chi connectivity index (χ1) is 19.0. The molecule has 0 spiro atoms. The van der Waals surface area contributed by atoms with E-state index in [1.165, 1.54) is 18.6 Å². The van der Waals surface area contributed by atoms with Crippen LogP contribution >= 0.6 is 0 Å². The normalized spacial score (nSPS) is 17.2. The third-order valence-corrected chi connectivity index (χ3v) is 7.47. The number of benzene rings is 1. The van der Waals surface area contributed by atoms with E-state index in [-0.39, 0.29) is 22.4 Å². The van der Waals surface area contributed by atoms with E-state index in [0.717, 1.165) is 51.5 Å². The number of hydrogen-bond donors (Lipinski definition) is 6. The van der Waals surface area contributed by atoms with Gasteiger partial charge in [0.1, 0.15) is 5.82 Å². The van der Waals surface area contributed by atoms with Crippen molar-refractivity contribution in [3.8, 4) is 0 Å². The van der Waals surface area contributed by atoms with Crippen LogP contribution in [-0.2, 0) is 9.59 Å². The maximum atomic E-state index is 14.6. The molecule has 2 amide bonds. The molecule has 0 unspecified atom stereocenters. The summed E-state index contributed by atoms with van der Waals surface area (Å²) in [5.74, 6) is -3.73. The summed E-state index contributed by atoms with van der Waals surface area (Å²) in [7, 11) is 0. The molecule has 0 saturated carbocycles. The zero-order valence-corrected chi connectivity index (χ0v) is 23.8. The summed E-state index contributed by atoms with van der Waals surface area (Å²) in [6, 6.07) is 3.69. The molecule has 1 aromatic rings. The number of urea groups is 1. The summed E-state index contributed by atoms with van der Waals surface area (Å²) in [5.41, 5.74) is 0.367. The maximum Gasteiger partial charge on any atom is 0.334 e. The van der Waals surface area contributed by atoms with Gasteiger partial charge in [-0.25, -0.2) is 18.8 Å². The number of rotatable bonds is 12. The number of anilines is 1. The van der Waals surface area contributed by atoms with E-state index in [1.807, 2.05) is 0 Å². The Bertz CT molecular complexity index is 1120. The summed E-state index contributed by atoms with van der Waals surface area (Å²) < 4.78 is 14.6. The van der Waals surface area contributed by atoms with Crippen molar-refractivity contribution in [2.24, 2.45) is 5.92 Å². The zero-order valence-electron chi connectivity index (χ0n) is 23.8. The molecule has 1 aromatic carbocycles. The lowest BCUT2D eigenvalue weighted by atomic mass is 9.80. The molecule has 2 heterocycles. The van der Waals surface area contributed by atoms with Crippen molar-refractivity contribution in [1.29, 1.82) is 0 Å². The third kappa shape index (κ3) is 8.28. The molecule has 40 heavy (non-hydrogen) atoms. The van der Waals surface area contributed by atoms with Crippen LogP contribution in [0.3, 0.4) is 0 Å². The van der Waals surface area contributed by atoms with E-state index < -0.39 is 29.7 Å². The Balaban J connectivity index is 1.54.